The predicted octanol–water partition coefficient (Wildman–Crippen LogP) is 5.82. The molecule has 0 radical (unpaired) electrons. The van der Waals surface area contributed by atoms with E-state index in [9.17, 15) is 14.9 Å². The zero-order valence-electron chi connectivity index (χ0n) is 19.9. The molecule has 34 heavy (non-hydrogen) atoms. The smallest absolute Gasteiger partial charge is 0.173 e. The number of fused-ring (bicyclic) bond motifs is 1. The average Bonchev–Trinajstić information content (AvgIpc) is 2.81. The lowest BCUT2D eigenvalue weighted by Crippen LogP contribution is -2.29. The number of ketones is 2. The van der Waals surface area contributed by atoms with E-state index in [-0.39, 0.29) is 22.7 Å². The molecule has 1 aliphatic rings. The van der Waals surface area contributed by atoms with Crippen LogP contribution in [0.25, 0.3) is 11.1 Å². The second-order valence-corrected chi connectivity index (χ2v) is 10.5. The van der Waals surface area contributed by atoms with Crippen LogP contribution < -0.4 is 4.90 Å². The normalized spacial score (nSPS) is 14.3. The van der Waals surface area contributed by atoms with E-state index in [0.29, 0.717) is 45.8 Å². The molecule has 0 atom stereocenters. The van der Waals surface area contributed by atoms with E-state index >= 15 is 0 Å². The third-order valence-corrected chi connectivity index (χ3v) is 7.00. The molecule has 1 aliphatic carbocycles. The monoisotopic (exact) mass is 469 g/mol. The standard InChI is InChI=1S/C28H27N3O2S/c1-28(2)14-22-26(23(32)15-28)25(19-10-12-20(13-11-19)31(3)4)21(16-29)27(30-22)34-17-24(33)18-8-6-5-7-9-18/h5-13H,14-15,17H2,1-4H3. The highest BCUT2D eigenvalue weighted by Crippen LogP contribution is 2.42. The Bertz CT molecular complexity index is 1290. The fourth-order valence-electron chi connectivity index (χ4n) is 4.34. The molecule has 1 aromatic heterocycles. The highest BCUT2D eigenvalue weighted by molar-refractivity contribution is 8.00. The predicted molar refractivity (Wildman–Crippen MR) is 137 cm³/mol. The summed E-state index contributed by atoms with van der Waals surface area (Å²) in [7, 11) is 3.93. The summed E-state index contributed by atoms with van der Waals surface area (Å²) >= 11 is 1.26. The number of carbonyl (C=O) groups excluding carboxylic acids is 2. The largest absolute Gasteiger partial charge is 0.378 e. The Morgan fingerprint density at radius 2 is 1.74 bits per heavy atom. The second kappa shape index (κ2) is 9.44. The lowest BCUT2D eigenvalue weighted by Gasteiger charge is -2.31. The number of Topliss-reactive ketones (excluding diaryl/α,β-unsaturated/α-hetero) is 2. The number of pyridine rings is 1. The van der Waals surface area contributed by atoms with Gasteiger partial charge < -0.3 is 4.90 Å². The van der Waals surface area contributed by atoms with Crippen molar-refractivity contribution in [2.24, 2.45) is 5.41 Å². The molecular formula is C28H27N3O2S. The Morgan fingerprint density at radius 3 is 2.35 bits per heavy atom. The molecular weight excluding hydrogens is 442 g/mol. The number of carbonyl (C=O) groups is 2. The van der Waals surface area contributed by atoms with Gasteiger partial charge in [0.05, 0.1) is 17.0 Å². The summed E-state index contributed by atoms with van der Waals surface area (Å²) in [5.74, 6) is 0.155. The van der Waals surface area contributed by atoms with E-state index in [2.05, 4.69) is 19.9 Å². The van der Waals surface area contributed by atoms with Crippen LogP contribution in [0, 0.1) is 16.7 Å². The summed E-state index contributed by atoms with van der Waals surface area (Å²) < 4.78 is 0. The molecule has 2 aromatic carbocycles. The molecule has 0 fully saturated rings. The van der Waals surface area contributed by atoms with Gasteiger partial charge in [0, 0.05) is 42.9 Å². The minimum Gasteiger partial charge on any atom is -0.378 e. The molecule has 0 saturated heterocycles. The number of aromatic nitrogens is 1. The van der Waals surface area contributed by atoms with Gasteiger partial charge in [-0.25, -0.2) is 4.98 Å². The van der Waals surface area contributed by atoms with Crippen LogP contribution in [-0.4, -0.2) is 36.4 Å². The molecule has 0 spiro atoms. The van der Waals surface area contributed by atoms with E-state index in [4.69, 9.17) is 4.98 Å². The summed E-state index contributed by atoms with van der Waals surface area (Å²) in [5, 5.41) is 10.7. The first-order valence-corrected chi connectivity index (χ1v) is 12.2. The summed E-state index contributed by atoms with van der Waals surface area (Å²) in [6, 6.07) is 19.3. The molecule has 0 amide bonds. The number of benzene rings is 2. The highest BCUT2D eigenvalue weighted by Gasteiger charge is 2.36. The Morgan fingerprint density at radius 1 is 1.06 bits per heavy atom. The Kier molecular flexibility index (Phi) is 6.58. The summed E-state index contributed by atoms with van der Waals surface area (Å²) in [6.07, 6.45) is 1.05. The van der Waals surface area contributed by atoms with Crippen molar-refractivity contribution in [3.8, 4) is 17.2 Å². The Balaban J connectivity index is 1.82. The Hall–Kier alpha value is -3.43. The third-order valence-electron chi connectivity index (χ3n) is 6.02. The molecule has 0 unspecified atom stereocenters. The molecule has 0 aliphatic heterocycles. The molecule has 0 N–H and O–H groups in total. The van der Waals surface area contributed by atoms with E-state index in [0.717, 1.165) is 11.3 Å². The van der Waals surface area contributed by atoms with E-state index in [1.54, 1.807) is 12.1 Å². The van der Waals surface area contributed by atoms with Gasteiger partial charge >= 0.3 is 0 Å². The minimum atomic E-state index is -0.209. The van der Waals surface area contributed by atoms with Crippen molar-refractivity contribution in [3.63, 3.8) is 0 Å². The fourth-order valence-corrected chi connectivity index (χ4v) is 5.24. The molecule has 6 heteroatoms. The first kappa shape index (κ1) is 23.7. The zero-order chi connectivity index (χ0) is 24.5. The SMILES string of the molecule is CN(C)c1ccc(-c2c(C#N)c(SCC(=O)c3ccccc3)nc3c2C(=O)CC(C)(C)C3)cc1. The van der Waals surface area contributed by atoms with Crippen molar-refractivity contribution in [2.45, 2.75) is 31.7 Å². The molecule has 172 valence electrons. The van der Waals surface area contributed by atoms with Crippen LogP contribution in [0.3, 0.4) is 0 Å². The van der Waals surface area contributed by atoms with Crippen LogP contribution in [0.1, 0.15) is 52.2 Å². The quantitative estimate of drug-likeness (QED) is 0.335. The number of rotatable bonds is 6. The fraction of sp³-hybridized carbons (Fsp3) is 0.286. The van der Waals surface area contributed by atoms with Crippen LogP contribution in [0.2, 0.25) is 0 Å². The molecule has 0 bridgehead atoms. The van der Waals surface area contributed by atoms with Crippen LogP contribution in [-0.2, 0) is 6.42 Å². The summed E-state index contributed by atoms with van der Waals surface area (Å²) in [4.78, 5) is 32.8. The van der Waals surface area contributed by atoms with Gasteiger partial charge in [-0.05, 0) is 29.5 Å². The lowest BCUT2D eigenvalue weighted by molar-refractivity contribution is 0.0909. The van der Waals surface area contributed by atoms with Crippen molar-refractivity contribution in [3.05, 3.63) is 77.0 Å². The van der Waals surface area contributed by atoms with Gasteiger partial charge in [0.25, 0.3) is 0 Å². The van der Waals surface area contributed by atoms with Gasteiger partial charge in [-0.2, -0.15) is 5.26 Å². The number of hydrogen-bond acceptors (Lipinski definition) is 6. The average molecular weight is 470 g/mol. The van der Waals surface area contributed by atoms with Gasteiger partial charge in [0.15, 0.2) is 11.6 Å². The van der Waals surface area contributed by atoms with Gasteiger partial charge in [-0.1, -0.05) is 68.1 Å². The van der Waals surface area contributed by atoms with Crippen molar-refractivity contribution in [1.82, 2.24) is 4.98 Å². The topological polar surface area (TPSA) is 74.1 Å². The number of nitrogens with zero attached hydrogens (tertiary/aromatic N) is 3. The Labute approximate surface area is 204 Å². The van der Waals surface area contributed by atoms with Crippen molar-refractivity contribution in [2.75, 3.05) is 24.7 Å². The van der Waals surface area contributed by atoms with Crippen LogP contribution >= 0.6 is 11.8 Å². The van der Waals surface area contributed by atoms with Gasteiger partial charge in [-0.15, -0.1) is 0 Å². The number of nitriles is 1. The third kappa shape index (κ3) is 4.76. The molecule has 4 rings (SSSR count). The maximum absolute atomic E-state index is 13.3. The highest BCUT2D eigenvalue weighted by atomic mass is 32.2. The summed E-state index contributed by atoms with van der Waals surface area (Å²) in [5.41, 5.74) is 4.50. The number of anilines is 1. The maximum atomic E-state index is 13.3. The van der Waals surface area contributed by atoms with Crippen LogP contribution in [0.5, 0.6) is 0 Å². The van der Waals surface area contributed by atoms with Crippen LogP contribution in [0.4, 0.5) is 5.69 Å². The van der Waals surface area contributed by atoms with E-state index in [1.165, 1.54) is 11.8 Å². The maximum Gasteiger partial charge on any atom is 0.173 e. The van der Waals surface area contributed by atoms with Crippen molar-refractivity contribution < 1.29 is 9.59 Å². The van der Waals surface area contributed by atoms with Crippen molar-refractivity contribution in [1.29, 1.82) is 5.26 Å². The molecule has 3 aromatic rings. The van der Waals surface area contributed by atoms with Crippen molar-refractivity contribution >= 4 is 29.0 Å². The van der Waals surface area contributed by atoms with Gasteiger partial charge in [0.2, 0.25) is 0 Å². The van der Waals surface area contributed by atoms with Crippen LogP contribution in [0.15, 0.2) is 59.6 Å². The molecule has 1 heterocycles. The van der Waals surface area contributed by atoms with Gasteiger partial charge in [-0.3, -0.25) is 9.59 Å². The van der Waals surface area contributed by atoms with E-state index < -0.39 is 0 Å². The minimum absolute atomic E-state index is 0.0128. The first-order valence-electron chi connectivity index (χ1n) is 11.2. The zero-order valence-corrected chi connectivity index (χ0v) is 20.7. The molecule has 0 saturated carbocycles. The number of hydrogen-bond donors (Lipinski definition) is 0. The van der Waals surface area contributed by atoms with Gasteiger partial charge in [0.1, 0.15) is 11.1 Å². The summed E-state index contributed by atoms with van der Waals surface area (Å²) in [6.45, 7) is 4.12. The second-order valence-electron chi connectivity index (χ2n) is 9.56. The van der Waals surface area contributed by atoms with E-state index in [1.807, 2.05) is 61.5 Å². The lowest BCUT2D eigenvalue weighted by atomic mass is 9.73. The molecule has 5 nitrogen and oxygen atoms in total. The first-order chi connectivity index (χ1) is 16.2. The number of thioether (sulfide) groups is 1.